The predicted molar refractivity (Wildman–Crippen MR) is 63.6 cm³/mol. The van der Waals surface area contributed by atoms with Crippen LogP contribution in [0.1, 0.15) is 24.2 Å². The first-order valence-corrected chi connectivity index (χ1v) is 5.38. The topological polar surface area (TPSA) is 41.1 Å². The first kappa shape index (κ1) is 11.9. The second kappa shape index (κ2) is 5.61. The van der Waals surface area contributed by atoms with Gasteiger partial charge in [-0.25, -0.2) is 0 Å². The molecule has 0 unspecified atom stereocenters. The Labute approximate surface area is 94.8 Å². The smallest absolute Gasteiger partial charge is 0.253 e. The van der Waals surface area contributed by atoms with E-state index in [4.69, 9.17) is 11.6 Å². The molecular weight excluding hydrogens is 212 g/mol. The molecule has 0 aliphatic rings. The summed E-state index contributed by atoms with van der Waals surface area (Å²) in [6.07, 6.45) is 0. The van der Waals surface area contributed by atoms with Crippen LogP contribution < -0.4 is 10.6 Å². The Balaban J connectivity index is 3.00. The summed E-state index contributed by atoms with van der Waals surface area (Å²) in [6, 6.07) is 5.25. The van der Waals surface area contributed by atoms with Crippen molar-refractivity contribution in [2.45, 2.75) is 13.8 Å². The maximum absolute atomic E-state index is 11.7. The summed E-state index contributed by atoms with van der Waals surface area (Å²) in [7, 11) is 0. The molecule has 3 nitrogen and oxygen atoms in total. The molecule has 0 saturated heterocycles. The van der Waals surface area contributed by atoms with Gasteiger partial charge in [-0.3, -0.25) is 4.79 Å². The minimum absolute atomic E-state index is 0.101. The summed E-state index contributed by atoms with van der Waals surface area (Å²) < 4.78 is 0. The molecule has 15 heavy (non-hydrogen) atoms. The Morgan fingerprint density at radius 1 is 1.33 bits per heavy atom. The maximum atomic E-state index is 11.7. The minimum atomic E-state index is -0.101. The number of rotatable bonds is 4. The molecular formula is C11H15ClN2O. The molecule has 0 radical (unpaired) electrons. The number of anilines is 1. The Hall–Kier alpha value is -1.22. The lowest BCUT2D eigenvalue weighted by Gasteiger charge is -2.10. The number of benzene rings is 1. The van der Waals surface area contributed by atoms with Gasteiger partial charge in [0, 0.05) is 23.8 Å². The first-order chi connectivity index (χ1) is 7.19. The lowest BCUT2D eigenvalue weighted by Crippen LogP contribution is -2.23. The Kier molecular flexibility index (Phi) is 4.43. The highest BCUT2D eigenvalue weighted by Crippen LogP contribution is 2.20. The number of carbonyl (C=O) groups is 1. The van der Waals surface area contributed by atoms with Crippen molar-refractivity contribution >= 4 is 23.2 Å². The lowest BCUT2D eigenvalue weighted by molar-refractivity contribution is 0.0956. The van der Waals surface area contributed by atoms with Crippen LogP contribution in [0.2, 0.25) is 5.02 Å². The molecule has 1 aromatic rings. The van der Waals surface area contributed by atoms with Crippen LogP contribution in [0.15, 0.2) is 18.2 Å². The molecule has 0 spiro atoms. The third kappa shape index (κ3) is 3.13. The standard InChI is InChI=1S/C11H15ClN2O/c1-3-13-10-6-5-8(12)7-9(10)11(15)14-4-2/h5-7,13H,3-4H2,1-2H3,(H,14,15). The molecule has 0 aromatic heterocycles. The van der Waals surface area contributed by atoms with Gasteiger partial charge in [-0.15, -0.1) is 0 Å². The van der Waals surface area contributed by atoms with Gasteiger partial charge < -0.3 is 10.6 Å². The maximum Gasteiger partial charge on any atom is 0.253 e. The van der Waals surface area contributed by atoms with Gasteiger partial charge in [0.25, 0.3) is 5.91 Å². The quantitative estimate of drug-likeness (QED) is 0.829. The second-order valence-electron chi connectivity index (χ2n) is 3.08. The van der Waals surface area contributed by atoms with E-state index in [0.29, 0.717) is 17.1 Å². The van der Waals surface area contributed by atoms with E-state index in [0.717, 1.165) is 12.2 Å². The average molecular weight is 227 g/mol. The van der Waals surface area contributed by atoms with E-state index < -0.39 is 0 Å². The van der Waals surface area contributed by atoms with Gasteiger partial charge >= 0.3 is 0 Å². The van der Waals surface area contributed by atoms with Crippen molar-refractivity contribution in [2.75, 3.05) is 18.4 Å². The van der Waals surface area contributed by atoms with Gasteiger partial charge in [0.05, 0.1) is 5.56 Å². The largest absolute Gasteiger partial charge is 0.385 e. The second-order valence-corrected chi connectivity index (χ2v) is 3.52. The molecule has 0 atom stereocenters. The zero-order valence-corrected chi connectivity index (χ0v) is 9.69. The lowest BCUT2D eigenvalue weighted by atomic mass is 10.1. The van der Waals surface area contributed by atoms with E-state index in [-0.39, 0.29) is 5.91 Å². The molecule has 1 amide bonds. The van der Waals surface area contributed by atoms with E-state index in [1.807, 2.05) is 19.9 Å². The number of hydrogen-bond acceptors (Lipinski definition) is 2. The van der Waals surface area contributed by atoms with Gasteiger partial charge in [-0.05, 0) is 32.0 Å². The molecule has 0 heterocycles. The highest BCUT2D eigenvalue weighted by atomic mass is 35.5. The predicted octanol–water partition coefficient (Wildman–Crippen LogP) is 2.52. The fourth-order valence-electron chi connectivity index (χ4n) is 1.30. The summed E-state index contributed by atoms with van der Waals surface area (Å²) in [6.45, 7) is 5.25. The molecule has 2 N–H and O–H groups in total. The van der Waals surface area contributed by atoms with Crippen molar-refractivity contribution in [3.8, 4) is 0 Å². The van der Waals surface area contributed by atoms with Crippen LogP contribution in [0.4, 0.5) is 5.69 Å². The molecule has 0 aliphatic carbocycles. The zero-order chi connectivity index (χ0) is 11.3. The van der Waals surface area contributed by atoms with Crippen LogP contribution in [0, 0.1) is 0 Å². The molecule has 1 aromatic carbocycles. The van der Waals surface area contributed by atoms with E-state index in [1.165, 1.54) is 0 Å². The number of hydrogen-bond donors (Lipinski definition) is 2. The van der Waals surface area contributed by atoms with Crippen LogP contribution in [0.25, 0.3) is 0 Å². The van der Waals surface area contributed by atoms with E-state index in [1.54, 1.807) is 12.1 Å². The summed E-state index contributed by atoms with van der Waals surface area (Å²) in [5.41, 5.74) is 1.40. The zero-order valence-electron chi connectivity index (χ0n) is 8.93. The third-order valence-corrected chi connectivity index (χ3v) is 2.17. The van der Waals surface area contributed by atoms with Crippen LogP contribution >= 0.6 is 11.6 Å². The molecule has 1 rings (SSSR count). The van der Waals surface area contributed by atoms with Crippen LogP contribution in [-0.4, -0.2) is 19.0 Å². The van der Waals surface area contributed by atoms with Crippen LogP contribution in [0.3, 0.4) is 0 Å². The number of nitrogens with one attached hydrogen (secondary N) is 2. The fourth-order valence-corrected chi connectivity index (χ4v) is 1.48. The number of halogens is 1. The molecule has 4 heteroatoms. The van der Waals surface area contributed by atoms with E-state index >= 15 is 0 Å². The number of amides is 1. The van der Waals surface area contributed by atoms with E-state index in [9.17, 15) is 4.79 Å². The monoisotopic (exact) mass is 226 g/mol. The van der Waals surface area contributed by atoms with Gasteiger partial charge in [0.15, 0.2) is 0 Å². The molecule has 0 bridgehead atoms. The highest BCUT2D eigenvalue weighted by Gasteiger charge is 2.10. The Bertz CT molecular complexity index is 352. The van der Waals surface area contributed by atoms with Crippen molar-refractivity contribution in [1.29, 1.82) is 0 Å². The molecule has 0 fully saturated rings. The summed E-state index contributed by atoms with van der Waals surface area (Å²) in [5, 5.41) is 6.44. The van der Waals surface area contributed by atoms with Crippen LogP contribution in [-0.2, 0) is 0 Å². The molecule has 82 valence electrons. The summed E-state index contributed by atoms with van der Waals surface area (Å²) >= 11 is 5.85. The molecule has 0 saturated carbocycles. The number of carbonyl (C=O) groups excluding carboxylic acids is 1. The highest BCUT2D eigenvalue weighted by molar-refractivity contribution is 6.31. The van der Waals surface area contributed by atoms with Gasteiger partial charge in [0.2, 0.25) is 0 Å². The summed E-state index contributed by atoms with van der Waals surface area (Å²) in [4.78, 5) is 11.7. The minimum Gasteiger partial charge on any atom is -0.385 e. The van der Waals surface area contributed by atoms with Gasteiger partial charge in [0.1, 0.15) is 0 Å². The first-order valence-electron chi connectivity index (χ1n) is 5.00. The Morgan fingerprint density at radius 2 is 2.07 bits per heavy atom. The fraction of sp³-hybridized carbons (Fsp3) is 0.364. The normalized spacial score (nSPS) is 9.80. The SMILES string of the molecule is CCNC(=O)c1cc(Cl)ccc1NCC. The van der Waals surface area contributed by atoms with Crippen LogP contribution in [0.5, 0.6) is 0 Å². The average Bonchev–Trinajstić information content (AvgIpc) is 2.21. The van der Waals surface area contributed by atoms with Crippen molar-refractivity contribution in [3.05, 3.63) is 28.8 Å². The molecule has 0 aliphatic heterocycles. The Morgan fingerprint density at radius 3 is 2.67 bits per heavy atom. The van der Waals surface area contributed by atoms with Crippen molar-refractivity contribution < 1.29 is 4.79 Å². The van der Waals surface area contributed by atoms with Crippen molar-refractivity contribution in [1.82, 2.24) is 5.32 Å². The van der Waals surface area contributed by atoms with Gasteiger partial charge in [-0.1, -0.05) is 11.6 Å². The van der Waals surface area contributed by atoms with Gasteiger partial charge in [-0.2, -0.15) is 0 Å². The van der Waals surface area contributed by atoms with Crippen molar-refractivity contribution in [3.63, 3.8) is 0 Å². The van der Waals surface area contributed by atoms with Crippen molar-refractivity contribution in [2.24, 2.45) is 0 Å². The third-order valence-electron chi connectivity index (χ3n) is 1.93. The van der Waals surface area contributed by atoms with E-state index in [2.05, 4.69) is 10.6 Å². The summed E-state index contributed by atoms with van der Waals surface area (Å²) in [5.74, 6) is -0.101.